The van der Waals surface area contributed by atoms with Crippen LogP contribution in [0.2, 0.25) is 0 Å². The molecule has 0 aliphatic carbocycles. The quantitative estimate of drug-likeness (QED) is 0.103. The summed E-state index contributed by atoms with van der Waals surface area (Å²) in [6, 6.07) is -0.218. The maximum atomic E-state index is 12.2. The van der Waals surface area contributed by atoms with Crippen molar-refractivity contribution < 1.29 is 14.4 Å². The van der Waals surface area contributed by atoms with E-state index in [2.05, 4.69) is 26.6 Å². The fraction of sp³-hybridized carbons (Fsp3) is 0.850. The zero-order chi connectivity index (χ0) is 23.2. The van der Waals surface area contributed by atoms with E-state index < -0.39 is 0 Å². The molecular weight excluding hydrogens is 386 g/mol. The molecule has 0 saturated heterocycles. The summed E-state index contributed by atoms with van der Waals surface area (Å²) < 4.78 is 0. The summed E-state index contributed by atoms with van der Waals surface area (Å²) in [5, 5.41) is 14.6. The van der Waals surface area contributed by atoms with Gasteiger partial charge < -0.3 is 32.7 Å². The Morgan fingerprint density at radius 3 is 2.00 bits per heavy atom. The molecule has 0 aliphatic rings. The zero-order valence-electron chi connectivity index (χ0n) is 19.3. The monoisotopic (exact) mass is 431 g/mol. The van der Waals surface area contributed by atoms with Gasteiger partial charge >= 0.3 is 0 Å². The van der Waals surface area contributed by atoms with Crippen molar-refractivity contribution in [3.8, 4) is 0 Å². The Labute approximate surface area is 182 Å². The van der Waals surface area contributed by atoms with Crippen LogP contribution >= 0.6 is 0 Å². The molecule has 0 bridgehead atoms. The van der Waals surface area contributed by atoms with Gasteiger partial charge in [-0.3, -0.25) is 19.7 Å². The average molecular weight is 432 g/mol. The highest BCUT2D eigenvalue weighted by atomic mass is 16.2. The molecule has 0 unspecified atom stereocenters. The number of amides is 2. The molecule has 10 heteroatoms. The number of primary amides is 1. The normalized spacial score (nSPS) is 12.4. The van der Waals surface area contributed by atoms with Crippen molar-refractivity contribution >= 4 is 17.6 Å². The predicted octanol–water partition coefficient (Wildman–Crippen LogP) is -1.35. The fourth-order valence-corrected chi connectivity index (χ4v) is 2.56. The lowest BCUT2D eigenvalue weighted by Crippen LogP contribution is -2.43. The van der Waals surface area contributed by atoms with E-state index in [0.717, 1.165) is 45.1 Å². The van der Waals surface area contributed by atoms with Crippen molar-refractivity contribution in [1.82, 2.24) is 26.6 Å². The molecular formula is C20H45N7O3. The van der Waals surface area contributed by atoms with Gasteiger partial charge in [-0.05, 0) is 53.4 Å². The number of carbonyl (C=O) groups is 3. The third-order valence-corrected chi connectivity index (χ3v) is 4.40. The molecule has 0 saturated carbocycles. The first kappa shape index (κ1) is 30.6. The van der Waals surface area contributed by atoms with Crippen molar-refractivity contribution in [3.63, 3.8) is 0 Å². The molecule has 0 spiro atoms. The van der Waals surface area contributed by atoms with E-state index in [1.54, 1.807) is 7.05 Å². The Balaban J connectivity index is 0. The summed E-state index contributed by atoms with van der Waals surface area (Å²) in [4.78, 5) is 34.6. The number of hydrogen-bond acceptors (Lipinski definition) is 8. The molecule has 0 heterocycles. The molecule has 0 aromatic rings. The topological polar surface area (TPSA) is 163 Å². The van der Waals surface area contributed by atoms with Crippen LogP contribution in [-0.4, -0.2) is 77.6 Å². The number of rotatable bonds is 18. The first-order valence-corrected chi connectivity index (χ1v) is 10.8. The number of ketones is 1. The molecule has 2 atom stereocenters. The van der Waals surface area contributed by atoms with E-state index in [-0.39, 0.29) is 36.1 Å². The van der Waals surface area contributed by atoms with Crippen LogP contribution in [0.4, 0.5) is 0 Å². The third-order valence-electron chi connectivity index (χ3n) is 4.40. The minimum Gasteiger partial charge on any atom is -0.369 e. The van der Waals surface area contributed by atoms with E-state index in [9.17, 15) is 14.4 Å². The minimum atomic E-state index is -0.277. The van der Waals surface area contributed by atoms with Crippen LogP contribution in [0.5, 0.6) is 0 Å². The summed E-state index contributed by atoms with van der Waals surface area (Å²) >= 11 is 0. The molecule has 10 nitrogen and oxygen atoms in total. The lowest BCUT2D eigenvalue weighted by atomic mass is 10.0. The fourth-order valence-electron chi connectivity index (χ4n) is 2.56. The van der Waals surface area contributed by atoms with Crippen molar-refractivity contribution in [2.45, 2.75) is 51.5 Å². The summed E-state index contributed by atoms with van der Waals surface area (Å²) in [6.45, 7) is 4.07. The van der Waals surface area contributed by atoms with Gasteiger partial charge in [-0.25, -0.2) is 0 Å². The van der Waals surface area contributed by atoms with Gasteiger partial charge in [-0.15, -0.1) is 0 Å². The summed E-state index contributed by atoms with van der Waals surface area (Å²) in [7, 11) is 5.53. The molecule has 2 amide bonds. The maximum absolute atomic E-state index is 12.2. The second kappa shape index (κ2) is 22.1. The Morgan fingerprint density at radius 2 is 1.43 bits per heavy atom. The lowest BCUT2D eigenvalue weighted by Gasteiger charge is -2.16. The molecule has 9 N–H and O–H groups in total. The van der Waals surface area contributed by atoms with E-state index in [1.807, 2.05) is 21.0 Å². The Hall–Kier alpha value is -1.59. The molecule has 0 aliphatic heterocycles. The van der Waals surface area contributed by atoms with E-state index in [1.165, 1.54) is 0 Å². The summed E-state index contributed by atoms with van der Waals surface area (Å²) in [5.41, 5.74) is 10.5. The maximum Gasteiger partial charge on any atom is 0.237 e. The molecule has 30 heavy (non-hydrogen) atoms. The van der Waals surface area contributed by atoms with Gasteiger partial charge in [-0.1, -0.05) is 19.8 Å². The van der Waals surface area contributed by atoms with Crippen molar-refractivity contribution in [2.75, 3.05) is 54.0 Å². The Morgan fingerprint density at radius 1 is 0.867 bits per heavy atom. The summed E-state index contributed by atoms with van der Waals surface area (Å²) in [5.74, 6) is -0.318. The van der Waals surface area contributed by atoms with E-state index in [0.29, 0.717) is 19.8 Å². The van der Waals surface area contributed by atoms with Crippen LogP contribution in [0, 0.1) is 5.92 Å². The SMILES string of the molecule is CNC.CN[C@@H](CCCCNCC(=O)CNCN)C(=O)NCCCC[C@H](C)C(N)=O. The van der Waals surface area contributed by atoms with Crippen LogP contribution in [0.3, 0.4) is 0 Å². The highest BCUT2D eigenvalue weighted by Gasteiger charge is 2.15. The highest BCUT2D eigenvalue weighted by molar-refractivity contribution is 5.82. The number of likely N-dealkylation sites (N-methyl/N-ethyl adjacent to an activating group) is 1. The van der Waals surface area contributed by atoms with Gasteiger partial charge in [0, 0.05) is 19.1 Å². The predicted molar refractivity (Wildman–Crippen MR) is 122 cm³/mol. The van der Waals surface area contributed by atoms with Crippen LogP contribution in [-0.2, 0) is 14.4 Å². The zero-order valence-corrected chi connectivity index (χ0v) is 19.3. The molecule has 0 aromatic carbocycles. The molecule has 0 fully saturated rings. The number of nitrogens with two attached hydrogens (primary N) is 2. The van der Waals surface area contributed by atoms with Crippen LogP contribution < -0.4 is 38.1 Å². The number of hydrogen-bond donors (Lipinski definition) is 7. The number of unbranched alkanes of at least 4 members (excludes halogenated alkanes) is 2. The molecule has 0 rings (SSSR count). The lowest BCUT2D eigenvalue weighted by molar-refractivity contribution is -0.123. The van der Waals surface area contributed by atoms with Crippen LogP contribution in [0.25, 0.3) is 0 Å². The van der Waals surface area contributed by atoms with Gasteiger partial charge in [0.1, 0.15) is 0 Å². The largest absolute Gasteiger partial charge is 0.369 e. The summed E-state index contributed by atoms with van der Waals surface area (Å²) in [6.07, 6.45) is 4.96. The second-order valence-corrected chi connectivity index (χ2v) is 7.27. The smallest absolute Gasteiger partial charge is 0.237 e. The van der Waals surface area contributed by atoms with Crippen molar-refractivity contribution in [1.29, 1.82) is 0 Å². The number of carbonyl (C=O) groups excluding carboxylic acids is 3. The third kappa shape index (κ3) is 19.7. The van der Waals surface area contributed by atoms with Crippen LogP contribution in [0.15, 0.2) is 0 Å². The number of nitrogens with one attached hydrogen (secondary N) is 5. The first-order valence-electron chi connectivity index (χ1n) is 10.8. The van der Waals surface area contributed by atoms with Crippen molar-refractivity contribution in [3.05, 3.63) is 0 Å². The van der Waals surface area contributed by atoms with E-state index in [4.69, 9.17) is 11.5 Å². The van der Waals surface area contributed by atoms with Crippen molar-refractivity contribution in [2.24, 2.45) is 17.4 Å². The van der Waals surface area contributed by atoms with Gasteiger partial charge in [0.15, 0.2) is 5.78 Å². The van der Waals surface area contributed by atoms with Gasteiger partial charge in [0.25, 0.3) is 0 Å². The average Bonchev–Trinajstić information content (AvgIpc) is 2.71. The molecule has 0 radical (unpaired) electrons. The number of Topliss-reactive ketones (excluding diaryl/α,β-unsaturated/α-hetero) is 1. The highest BCUT2D eigenvalue weighted by Crippen LogP contribution is 2.06. The Kier molecular flexibility index (Phi) is 22.5. The molecule has 178 valence electrons. The first-order chi connectivity index (χ1) is 14.3. The van der Waals surface area contributed by atoms with Gasteiger partial charge in [0.05, 0.1) is 19.1 Å². The standard InChI is InChI=1S/C18H38N6O3.C2H7N/c1-14(17(20)26)7-3-6-10-24-18(27)16(21-2)8-4-5-9-22-11-15(25)12-23-13-19;1-3-2/h14,16,21-23H,3-13,19H2,1-2H3,(H2,20,26)(H,24,27);3H,1-2H3/t14-,16-;/m0./s1. The van der Waals surface area contributed by atoms with E-state index >= 15 is 0 Å². The van der Waals surface area contributed by atoms with Crippen LogP contribution in [0.1, 0.15) is 45.4 Å². The molecule has 0 aromatic heterocycles. The van der Waals surface area contributed by atoms with Gasteiger partial charge in [-0.2, -0.15) is 0 Å². The van der Waals surface area contributed by atoms with Gasteiger partial charge in [0.2, 0.25) is 11.8 Å². The second-order valence-electron chi connectivity index (χ2n) is 7.27. The Bertz CT molecular complexity index is 450. The minimum absolute atomic E-state index is 0.00329.